The molecule has 0 saturated heterocycles. The lowest BCUT2D eigenvalue weighted by Gasteiger charge is -2.05. The third kappa shape index (κ3) is 2.76. The van der Waals surface area contributed by atoms with E-state index in [1.54, 1.807) is 30.2 Å². The molecule has 1 aromatic carbocycles. The predicted octanol–water partition coefficient (Wildman–Crippen LogP) is 4.09. The van der Waals surface area contributed by atoms with Crippen molar-refractivity contribution >= 4 is 22.8 Å². The Morgan fingerprint density at radius 2 is 1.95 bits per heavy atom. The Morgan fingerprint density at radius 3 is 2.71 bits per heavy atom. The molecule has 0 aliphatic heterocycles. The third-order valence-electron chi connectivity index (χ3n) is 3.17. The zero-order chi connectivity index (χ0) is 14.8. The maximum absolute atomic E-state index is 13.3. The van der Waals surface area contributed by atoms with Gasteiger partial charge in [0.25, 0.3) is 0 Å². The molecule has 3 rings (SSSR count). The second kappa shape index (κ2) is 5.81. The van der Waals surface area contributed by atoms with Crippen molar-refractivity contribution in [3.8, 4) is 11.1 Å². The number of hydrogen-bond acceptors (Lipinski definition) is 3. The summed E-state index contributed by atoms with van der Waals surface area (Å²) in [6.07, 6.45) is 3.36. The van der Waals surface area contributed by atoms with E-state index in [-0.39, 0.29) is 0 Å². The van der Waals surface area contributed by atoms with Crippen molar-refractivity contribution in [1.82, 2.24) is 14.8 Å². The molecule has 0 radical (unpaired) electrons. The van der Waals surface area contributed by atoms with Crippen LogP contribution in [0.3, 0.4) is 0 Å². The van der Waals surface area contributed by atoms with Gasteiger partial charge in [-0.2, -0.15) is 5.10 Å². The van der Waals surface area contributed by atoms with Gasteiger partial charge >= 0.3 is 0 Å². The quantitative estimate of drug-likeness (QED) is 0.727. The van der Waals surface area contributed by atoms with E-state index in [0.717, 1.165) is 34.3 Å². The van der Waals surface area contributed by atoms with Crippen molar-refractivity contribution in [2.24, 2.45) is 0 Å². The van der Waals surface area contributed by atoms with Gasteiger partial charge in [-0.1, -0.05) is 13.0 Å². The van der Waals surface area contributed by atoms with Crippen LogP contribution in [0.5, 0.6) is 0 Å². The van der Waals surface area contributed by atoms with Gasteiger partial charge in [-0.3, -0.25) is 9.67 Å². The van der Waals surface area contributed by atoms with Gasteiger partial charge in [-0.05, 0) is 29.5 Å². The summed E-state index contributed by atoms with van der Waals surface area (Å²) >= 11 is 1.75. The van der Waals surface area contributed by atoms with E-state index in [9.17, 15) is 8.78 Å². The first-order valence-corrected chi connectivity index (χ1v) is 7.69. The van der Waals surface area contributed by atoms with E-state index in [1.807, 2.05) is 10.7 Å². The van der Waals surface area contributed by atoms with Crippen LogP contribution < -0.4 is 0 Å². The highest BCUT2D eigenvalue weighted by molar-refractivity contribution is 7.98. The molecule has 0 aliphatic carbocycles. The molecule has 0 amide bonds. The van der Waals surface area contributed by atoms with Crippen molar-refractivity contribution in [3.63, 3.8) is 0 Å². The SMILES string of the molecule is CCSCn1ncc2ncc(-c3ccc(F)c(F)c3)cc21. The maximum atomic E-state index is 13.3. The summed E-state index contributed by atoms with van der Waals surface area (Å²) in [5, 5.41) is 4.30. The molecule has 108 valence electrons. The highest BCUT2D eigenvalue weighted by atomic mass is 32.2. The summed E-state index contributed by atoms with van der Waals surface area (Å²) in [7, 11) is 0. The number of benzene rings is 1. The van der Waals surface area contributed by atoms with E-state index in [4.69, 9.17) is 0 Å². The number of rotatable bonds is 4. The van der Waals surface area contributed by atoms with Crippen molar-refractivity contribution in [2.45, 2.75) is 12.8 Å². The number of thioether (sulfide) groups is 1. The molecule has 2 heterocycles. The molecule has 0 atom stereocenters. The molecule has 21 heavy (non-hydrogen) atoms. The molecule has 3 aromatic rings. The van der Waals surface area contributed by atoms with E-state index in [0.29, 0.717) is 5.56 Å². The Hall–Kier alpha value is -1.95. The van der Waals surface area contributed by atoms with Gasteiger partial charge in [0.1, 0.15) is 5.52 Å². The molecule has 0 N–H and O–H groups in total. The van der Waals surface area contributed by atoms with E-state index in [1.165, 1.54) is 6.07 Å². The summed E-state index contributed by atoms with van der Waals surface area (Å²) in [6, 6.07) is 5.75. The van der Waals surface area contributed by atoms with Gasteiger partial charge in [0.05, 0.1) is 17.6 Å². The molecule has 0 fully saturated rings. The van der Waals surface area contributed by atoms with Crippen LogP contribution in [0.15, 0.2) is 36.7 Å². The van der Waals surface area contributed by atoms with Gasteiger partial charge in [-0.15, -0.1) is 11.8 Å². The molecule has 2 aromatic heterocycles. The molecule has 3 nitrogen and oxygen atoms in total. The van der Waals surface area contributed by atoms with Gasteiger partial charge in [0.2, 0.25) is 0 Å². The van der Waals surface area contributed by atoms with E-state index < -0.39 is 11.6 Å². The highest BCUT2D eigenvalue weighted by Crippen LogP contribution is 2.24. The zero-order valence-corrected chi connectivity index (χ0v) is 12.2. The molecule has 6 heteroatoms. The topological polar surface area (TPSA) is 30.7 Å². The number of pyridine rings is 1. The van der Waals surface area contributed by atoms with Crippen molar-refractivity contribution in [3.05, 3.63) is 48.3 Å². The first kappa shape index (κ1) is 14.0. The van der Waals surface area contributed by atoms with Crippen LogP contribution in [-0.2, 0) is 5.88 Å². The number of halogens is 2. The fourth-order valence-corrected chi connectivity index (χ4v) is 2.63. The largest absolute Gasteiger partial charge is 0.253 e. The fourth-order valence-electron chi connectivity index (χ4n) is 2.07. The first-order chi connectivity index (χ1) is 10.2. The molecular formula is C15H13F2N3S. The lowest BCUT2D eigenvalue weighted by Crippen LogP contribution is -1.97. The predicted molar refractivity (Wildman–Crippen MR) is 81.0 cm³/mol. The molecule has 0 bridgehead atoms. The van der Waals surface area contributed by atoms with Gasteiger partial charge in [0.15, 0.2) is 11.6 Å². The van der Waals surface area contributed by atoms with Crippen LogP contribution in [-0.4, -0.2) is 20.5 Å². The van der Waals surface area contributed by atoms with Crippen LogP contribution in [0.4, 0.5) is 8.78 Å². The van der Waals surface area contributed by atoms with E-state index >= 15 is 0 Å². The number of aromatic nitrogens is 3. The Labute approximate surface area is 125 Å². The average molecular weight is 305 g/mol. The number of fused-ring (bicyclic) bond motifs is 1. The van der Waals surface area contributed by atoms with Crippen LogP contribution in [0.25, 0.3) is 22.2 Å². The Bertz CT molecular complexity index is 786. The summed E-state index contributed by atoms with van der Waals surface area (Å²) < 4.78 is 28.2. The van der Waals surface area contributed by atoms with Gasteiger partial charge in [0, 0.05) is 11.8 Å². The lowest BCUT2D eigenvalue weighted by molar-refractivity contribution is 0.509. The van der Waals surface area contributed by atoms with Crippen molar-refractivity contribution in [1.29, 1.82) is 0 Å². The zero-order valence-electron chi connectivity index (χ0n) is 11.4. The minimum absolute atomic E-state index is 0.596. The summed E-state index contributed by atoms with van der Waals surface area (Å²) in [5.41, 5.74) is 3.01. The Morgan fingerprint density at radius 1 is 1.10 bits per heavy atom. The summed E-state index contributed by atoms with van der Waals surface area (Å²) in [4.78, 5) is 4.33. The van der Waals surface area contributed by atoms with Crippen LogP contribution in [0.1, 0.15) is 6.92 Å². The fraction of sp³-hybridized carbons (Fsp3) is 0.200. The standard InChI is InChI=1S/C15H13F2N3S/c1-2-21-9-20-15-6-11(7-18-14(15)8-19-20)10-3-4-12(16)13(17)5-10/h3-8H,2,9H2,1H3. The first-order valence-electron chi connectivity index (χ1n) is 6.53. The minimum Gasteiger partial charge on any atom is -0.253 e. The average Bonchev–Trinajstić information content (AvgIpc) is 2.90. The van der Waals surface area contributed by atoms with Crippen molar-refractivity contribution in [2.75, 3.05) is 5.75 Å². The van der Waals surface area contributed by atoms with Crippen LogP contribution in [0, 0.1) is 11.6 Å². The second-order valence-electron chi connectivity index (χ2n) is 4.52. The smallest absolute Gasteiger partial charge is 0.159 e. The summed E-state index contributed by atoms with van der Waals surface area (Å²) in [5.74, 6) is 0.0282. The number of hydrogen-bond donors (Lipinski definition) is 0. The molecule has 0 saturated carbocycles. The van der Waals surface area contributed by atoms with Crippen molar-refractivity contribution < 1.29 is 8.78 Å². The highest BCUT2D eigenvalue weighted by Gasteiger charge is 2.09. The van der Waals surface area contributed by atoms with Crippen LogP contribution in [0.2, 0.25) is 0 Å². The second-order valence-corrected chi connectivity index (χ2v) is 5.77. The van der Waals surface area contributed by atoms with Gasteiger partial charge in [-0.25, -0.2) is 8.78 Å². The minimum atomic E-state index is -0.859. The molecule has 0 aliphatic rings. The molecule has 0 unspecified atom stereocenters. The number of nitrogens with zero attached hydrogens (tertiary/aromatic N) is 3. The third-order valence-corrected chi connectivity index (χ3v) is 4.00. The Kier molecular flexibility index (Phi) is 3.88. The molecule has 0 spiro atoms. The van der Waals surface area contributed by atoms with Gasteiger partial charge < -0.3 is 0 Å². The molecular weight excluding hydrogens is 292 g/mol. The lowest BCUT2D eigenvalue weighted by atomic mass is 10.1. The normalized spacial score (nSPS) is 11.2. The summed E-state index contributed by atoms with van der Waals surface area (Å²) in [6.45, 7) is 2.08. The Balaban J connectivity index is 2.04. The monoisotopic (exact) mass is 305 g/mol. The van der Waals surface area contributed by atoms with E-state index in [2.05, 4.69) is 17.0 Å². The maximum Gasteiger partial charge on any atom is 0.159 e. The van der Waals surface area contributed by atoms with Crippen LogP contribution >= 0.6 is 11.8 Å².